The number of fused-ring (bicyclic) bond motifs is 1. The lowest BCUT2D eigenvalue weighted by Crippen LogP contribution is -2.25. The minimum absolute atomic E-state index is 0.0405. The number of aryl methyl sites for hydroxylation is 1. The minimum Gasteiger partial charge on any atom is -0.294 e. The average molecular weight is 342 g/mol. The third kappa shape index (κ3) is 3.83. The Labute approximate surface area is 146 Å². The molecular formula is C19H20ClN3O. The molecule has 0 unspecified atom stereocenters. The summed E-state index contributed by atoms with van der Waals surface area (Å²) in [5, 5.41) is 0.737. The van der Waals surface area contributed by atoms with Gasteiger partial charge in [-0.1, -0.05) is 36.7 Å². The summed E-state index contributed by atoms with van der Waals surface area (Å²) in [5.74, 6) is 0. The van der Waals surface area contributed by atoms with E-state index in [1.54, 1.807) is 10.5 Å². The molecule has 0 aliphatic rings. The van der Waals surface area contributed by atoms with Crippen LogP contribution < -0.4 is 5.56 Å². The molecule has 2 aromatic heterocycles. The highest BCUT2D eigenvalue weighted by molar-refractivity contribution is 6.30. The minimum atomic E-state index is -0.0405. The van der Waals surface area contributed by atoms with Gasteiger partial charge >= 0.3 is 0 Å². The number of hydrogen-bond donors (Lipinski definition) is 0. The number of halogens is 1. The second-order valence-corrected chi connectivity index (χ2v) is 6.39. The topological polar surface area (TPSA) is 37.6 Å². The molecule has 0 N–H and O–H groups in total. The van der Waals surface area contributed by atoms with Crippen LogP contribution in [0.4, 0.5) is 0 Å². The largest absolute Gasteiger partial charge is 0.294 e. The summed E-state index contributed by atoms with van der Waals surface area (Å²) in [7, 11) is 0. The Hall–Kier alpha value is -2.17. The maximum atomic E-state index is 12.3. The molecule has 5 heteroatoms. The number of aromatic nitrogens is 2. The molecule has 0 fully saturated rings. The summed E-state index contributed by atoms with van der Waals surface area (Å²) in [6.45, 7) is 6.37. The molecule has 0 radical (unpaired) electrons. The highest BCUT2D eigenvalue weighted by Gasteiger charge is 2.09. The van der Waals surface area contributed by atoms with Crippen molar-refractivity contribution in [2.75, 3.05) is 6.54 Å². The fraction of sp³-hybridized carbons (Fsp3) is 0.263. The van der Waals surface area contributed by atoms with E-state index in [4.69, 9.17) is 11.6 Å². The summed E-state index contributed by atoms with van der Waals surface area (Å²) in [5.41, 5.74) is 3.66. The van der Waals surface area contributed by atoms with E-state index in [2.05, 4.69) is 16.8 Å². The molecule has 3 rings (SSSR count). The van der Waals surface area contributed by atoms with Crippen molar-refractivity contribution < 1.29 is 0 Å². The van der Waals surface area contributed by atoms with Crippen molar-refractivity contribution in [1.82, 2.24) is 14.3 Å². The molecule has 0 aliphatic carbocycles. The molecule has 0 saturated carbocycles. The monoisotopic (exact) mass is 341 g/mol. The summed E-state index contributed by atoms with van der Waals surface area (Å²) in [6, 6.07) is 13.3. The first-order valence-electron chi connectivity index (χ1n) is 8.01. The second kappa shape index (κ2) is 7.16. The highest BCUT2D eigenvalue weighted by Crippen LogP contribution is 2.13. The van der Waals surface area contributed by atoms with E-state index < -0.39 is 0 Å². The van der Waals surface area contributed by atoms with Gasteiger partial charge in [0.2, 0.25) is 0 Å². The maximum absolute atomic E-state index is 12.3. The molecule has 4 nitrogen and oxygen atoms in total. The molecule has 0 aliphatic heterocycles. The summed E-state index contributed by atoms with van der Waals surface area (Å²) < 4.78 is 1.59. The van der Waals surface area contributed by atoms with Crippen molar-refractivity contribution in [3.05, 3.63) is 80.9 Å². The predicted octanol–water partition coefficient (Wildman–Crippen LogP) is 3.68. The fourth-order valence-corrected chi connectivity index (χ4v) is 2.82. The van der Waals surface area contributed by atoms with Crippen LogP contribution in [0.5, 0.6) is 0 Å². The second-order valence-electron chi connectivity index (χ2n) is 5.95. The lowest BCUT2D eigenvalue weighted by molar-refractivity contribution is 0.268. The normalized spacial score (nSPS) is 11.3. The van der Waals surface area contributed by atoms with Crippen LogP contribution in [0.3, 0.4) is 0 Å². The van der Waals surface area contributed by atoms with Gasteiger partial charge in [0.25, 0.3) is 5.56 Å². The van der Waals surface area contributed by atoms with E-state index in [0.717, 1.165) is 29.4 Å². The summed E-state index contributed by atoms with van der Waals surface area (Å²) >= 11 is 5.94. The quantitative estimate of drug-likeness (QED) is 0.710. The molecule has 24 heavy (non-hydrogen) atoms. The van der Waals surface area contributed by atoms with Gasteiger partial charge in [-0.05, 0) is 42.8 Å². The van der Waals surface area contributed by atoms with Crippen molar-refractivity contribution >= 4 is 17.2 Å². The van der Waals surface area contributed by atoms with Crippen LogP contribution in [0.2, 0.25) is 5.02 Å². The van der Waals surface area contributed by atoms with Gasteiger partial charge in [0, 0.05) is 30.4 Å². The van der Waals surface area contributed by atoms with Crippen LogP contribution in [-0.4, -0.2) is 20.8 Å². The highest BCUT2D eigenvalue weighted by atomic mass is 35.5. The molecule has 3 aromatic rings. The fourth-order valence-electron chi connectivity index (χ4n) is 2.70. The van der Waals surface area contributed by atoms with Crippen LogP contribution >= 0.6 is 11.6 Å². The number of rotatable bonds is 5. The van der Waals surface area contributed by atoms with Gasteiger partial charge in [0.15, 0.2) is 0 Å². The molecule has 0 bridgehead atoms. The van der Waals surface area contributed by atoms with Crippen molar-refractivity contribution in [2.24, 2.45) is 0 Å². The zero-order chi connectivity index (χ0) is 17.1. The van der Waals surface area contributed by atoms with E-state index in [0.29, 0.717) is 12.2 Å². The third-order valence-electron chi connectivity index (χ3n) is 4.01. The molecule has 0 amide bonds. The molecule has 124 valence electrons. The average Bonchev–Trinajstić information content (AvgIpc) is 2.57. The number of pyridine rings is 1. The van der Waals surface area contributed by atoms with E-state index in [-0.39, 0.29) is 5.56 Å². The summed E-state index contributed by atoms with van der Waals surface area (Å²) in [6.07, 6.45) is 1.82. The van der Waals surface area contributed by atoms with Crippen molar-refractivity contribution in [2.45, 2.75) is 26.9 Å². The molecule has 0 atom stereocenters. The standard InChI is InChI=1S/C19H20ClN3O/c1-3-22(12-15-5-7-16(20)8-6-15)13-17-10-19(24)23-11-14(2)4-9-18(23)21-17/h4-11H,3,12-13H2,1-2H3. The Morgan fingerprint density at radius 3 is 2.58 bits per heavy atom. The van der Waals surface area contributed by atoms with Crippen molar-refractivity contribution in [1.29, 1.82) is 0 Å². The van der Waals surface area contributed by atoms with Crippen LogP contribution in [0, 0.1) is 6.92 Å². The van der Waals surface area contributed by atoms with Crippen LogP contribution in [0.25, 0.3) is 5.65 Å². The van der Waals surface area contributed by atoms with Crippen molar-refractivity contribution in [3.63, 3.8) is 0 Å². The number of nitrogens with zero attached hydrogens (tertiary/aromatic N) is 3. The molecule has 1 aromatic carbocycles. The Kier molecular flexibility index (Phi) is 4.97. The first-order chi connectivity index (χ1) is 11.5. The van der Waals surface area contributed by atoms with E-state index >= 15 is 0 Å². The lowest BCUT2D eigenvalue weighted by Gasteiger charge is -2.20. The van der Waals surface area contributed by atoms with Gasteiger partial charge in [0.1, 0.15) is 5.65 Å². The Morgan fingerprint density at radius 2 is 1.88 bits per heavy atom. The lowest BCUT2D eigenvalue weighted by atomic mass is 10.2. The number of hydrogen-bond acceptors (Lipinski definition) is 3. The van der Waals surface area contributed by atoms with Crippen molar-refractivity contribution in [3.8, 4) is 0 Å². The zero-order valence-corrected chi connectivity index (χ0v) is 14.6. The van der Waals surface area contributed by atoms with Crippen LogP contribution in [0.15, 0.2) is 53.5 Å². The van der Waals surface area contributed by atoms with E-state index in [9.17, 15) is 4.79 Å². The van der Waals surface area contributed by atoms with E-state index in [1.165, 1.54) is 5.56 Å². The smallest absolute Gasteiger partial charge is 0.258 e. The first kappa shape index (κ1) is 16.7. The van der Waals surface area contributed by atoms with Gasteiger partial charge in [-0.15, -0.1) is 0 Å². The molecule has 0 saturated heterocycles. The molecule has 0 spiro atoms. The third-order valence-corrected chi connectivity index (χ3v) is 4.26. The van der Waals surface area contributed by atoms with E-state index in [1.807, 2.05) is 49.5 Å². The van der Waals surface area contributed by atoms with Gasteiger partial charge in [-0.3, -0.25) is 14.1 Å². The zero-order valence-electron chi connectivity index (χ0n) is 13.9. The number of benzene rings is 1. The summed E-state index contributed by atoms with van der Waals surface area (Å²) in [4.78, 5) is 19.2. The Balaban J connectivity index is 1.83. The first-order valence-corrected chi connectivity index (χ1v) is 8.38. The van der Waals surface area contributed by atoms with Crippen LogP contribution in [0.1, 0.15) is 23.7 Å². The van der Waals surface area contributed by atoms with Crippen LogP contribution in [-0.2, 0) is 13.1 Å². The predicted molar refractivity (Wildman–Crippen MR) is 97.4 cm³/mol. The SMILES string of the molecule is CCN(Cc1ccc(Cl)cc1)Cc1cc(=O)n2cc(C)ccc2n1. The molecule has 2 heterocycles. The Bertz CT molecular complexity index is 903. The van der Waals surface area contributed by atoms with Gasteiger partial charge in [0.05, 0.1) is 5.69 Å². The Morgan fingerprint density at radius 1 is 1.12 bits per heavy atom. The van der Waals surface area contributed by atoms with Gasteiger partial charge in [-0.25, -0.2) is 4.98 Å². The molecular weight excluding hydrogens is 322 g/mol. The maximum Gasteiger partial charge on any atom is 0.258 e. The van der Waals surface area contributed by atoms with Gasteiger partial charge < -0.3 is 0 Å². The van der Waals surface area contributed by atoms with Gasteiger partial charge in [-0.2, -0.15) is 0 Å².